The third kappa shape index (κ3) is 3.64. The van der Waals surface area contributed by atoms with Gasteiger partial charge in [0, 0.05) is 18.3 Å². The lowest BCUT2D eigenvalue weighted by Crippen LogP contribution is -2.40. The van der Waals surface area contributed by atoms with Crippen molar-refractivity contribution >= 4 is 5.69 Å². The first-order valence-electron chi connectivity index (χ1n) is 6.82. The van der Waals surface area contributed by atoms with Gasteiger partial charge in [-0.05, 0) is 57.9 Å². The molecule has 0 unspecified atom stereocenters. The molecule has 0 atom stereocenters. The molecule has 1 aromatic rings. The first-order valence-corrected chi connectivity index (χ1v) is 6.82. The summed E-state index contributed by atoms with van der Waals surface area (Å²) >= 11 is 0. The summed E-state index contributed by atoms with van der Waals surface area (Å²) < 4.78 is 11.2. The van der Waals surface area contributed by atoms with Crippen LogP contribution in [0.2, 0.25) is 0 Å². The van der Waals surface area contributed by atoms with Gasteiger partial charge in [-0.2, -0.15) is 0 Å². The Hall–Kier alpha value is -1.22. The van der Waals surface area contributed by atoms with Crippen LogP contribution < -0.4 is 10.1 Å². The highest BCUT2D eigenvalue weighted by Gasteiger charge is 2.29. The molecule has 0 radical (unpaired) electrons. The molecule has 3 heteroatoms. The van der Waals surface area contributed by atoms with Gasteiger partial charge >= 0.3 is 0 Å². The highest BCUT2D eigenvalue weighted by molar-refractivity contribution is 5.47. The molecule has 0 bridgehead atoms. The molecule has 1 fully saturated rings. The smallest absolute Gasteiger partial charge is 0.119 e. The van der Waals surface area contributed by atoms with Gasteiger partial charge in [-0.15, -0.1) is 0 Å². The predicted octanol–water partition coefficient (Wildman–Crippen LogP) is 3.45. The molecule has 100 valence electrons. The Bertz CT molecular complexity index is 355. The maximum absolute atomic E-state index is 5.62. The Morgan fingerprint density at radius 2 is 1.89 bits per heavy atom. The van der Waals surface area contributed by atoms with E-state index in [0.29, 0.717) is 12.1 Å². The van der Waals surface area contributed by atoms with Crippen LogP contribution in [0.3, 0.4) is 0 Å². The van der Waals surface area contributed by atoms with Crippen LogP contribution in [0.15, 0.2) is 24.3 Å². The summed E-state index contributed by atoms with van der Waals surface area (Å²) in [5.74, 6) is 0.927. The van der Waals surface area contributed by atoms with Crippen molar-refractivity contribution in [2.75, 3.05) is 11.9 Å². The van der Waals surface area contributed by atoms with E-state index in [1.165, 1.54) is 0 Å². The number of hydrogen-bond acceptors (Lipinski definition) is 3. The van der Waals surface area contributed by atoms with E-state index in [2.05, 4.69) is 17.4 Å². The fourth-order valence-electron chi connectivity index (χ4n) is 2.19. The molecular formula is C15H23NO2. The van der Waals surface area contributed by atoms with Crippen LogP contribution in [0, 0.1) is 0 Å². The van der Waals surface area contributed by atoms with Gasteiger partial charge in [-0.25, -0.2) is 0 Å². The van der Waals surface area contributed by atoms with Crippen LogP contribution in [-0.2, 0) is 4.74 Å². The van der Waals surface area contributed by atoms with Crippen molar-refractivity contribution in [1.29, 1.82) is 0 Å². The molecule has 1 aliphatic rings. The van der Waals surface area contributed by atoms with E-state index >= 15 is 0 Å². The van der Waals surface area contributed by atoms with Crippen LogP contribution in [0.25, 0.3) is 0 Å². The largest absolute Gasteiger partial charge is 0.491 e. The van der Waals surface area contributed by atoms with E-state index in [-0.39, 0.29) is 6.10 Å². The molecule has 3 nitrogen and oxygen atoms in total. The van der Waals surface area contributed by atoms with Crippen LogP contribution in [-0.4, -0.2) is 24.9 Å². The number of anilines is 1. The van der Waals surface area contributed by atoms with Crippen molar-refractivity contribution in [3.63, 3.8) is 0 Å². The Labute approximate surface area is 109 Å². The second-order valence-corrected chi connectivity index (χ2v) is 5.08. The molecule has 1 N–H and O–H groups in total. The standard InChI is InChI=1S/C15H23NO2/c1-4-17-15-9-13(10-15)16-12-5-7-14(8-6-12)18-11(2)3/h5-8,11,13,15-16H,4,9-10H2,1-3H3. The maximum Gasteiger partial charge on any atom is 0.119 e. The zero-order chi connectivity index (χ0) is 13.0. The lowest BCUT2D eigenvalue weighted by Gasteiger charge is -2.36. The van der Waals surface area contributed by atoms with Crippen molar-refractivity contribution in [2.24, 2.45) is 0 Å². The summed E-state index contributed by atoms with van der Waals surface area (Å²) in [7, 11) is 0. The molecule has 0 heterocycles. The summed E-state index contributed by atoms with van der Waals surface area (Å²) in [4.78, 5) is 0. The third-order valence-electron chi connectivity index (χ3n) is 3.09. The van der Waals surface area contributed by atoms with Crippen molar-refractivity contribution in [3.8, 4) is 5.75 Å². The monoisotopic (exact) mass is 249 g/mol. The third-order valence-corrected chi connectivity index (χ3v) is 3.09. The average Bonchev–Trinajstić information content (AvgIpc) is 2.28. The van der Waals surface area contributed by atoms with Crippen molar-refractivity contribution in [3.05, 3.63) is 24.3 Å². The number of rotatable bonds is 6. The SMILES string of the molecule is CCOC1CC(Nc2ccc(OC(C)C)cc2)C1. The second kappa shape index (κ2) is 6.10. The van der Waals surface area contributed by atoms with Gasteiger partial charge in [0.15, 0.2) is 0 Å². The molecular weight excluding hydrogens is 226 g/mol. The van der Waals surface area contributed by atoms with Gasteiger partial charge in [-0.1, -0.05) is 0 Å². The topological polar surface area (TPSA) is 30.5 Å². The summed E-state index contributed by atoms with van der Waals surface area (Å²) in [5, 5.41) is 3.51. The van der Waals surface area contributed by atoms with Crippen molar-refractivity contribution in [2.45, 2.75) is 51.9 Å². The molecule has 1 aliphatic carbocycles. The lowest BCUT2D eigenvalue weighted by molar-refractivity contribution is 0.00299. The molecule has 1 saturated carbocycles. The Morgan fingerprint density at radius 3 is 2.44 bits per heavy atom. The van der Waals surface area contributed by atoms with Gasteiger partial charge in [0.2, 0.25) is 0 Å². The predicted molar refractivity (Wildman–Crippen MR) is 74.3 cm³/mol. The first kappa shape index (κ1) is 13.2. The Balaban J connectivity index is 1.77. The summed E-state index contributed by atoms with van der Waals surface area (Å²) in [6, 6.07) is 8.73. The molecule has 0 aromatic heterocycles. The van der Waals surface area contributed by atoms with Crippen LogP contribution >= 0.6 is 0 Å². The van der Waals surface area contributed by atoms with Gasteiger partial charge in [0.1, 0.15) is 5.75 Å². The molecule has 0 amide bonds. The molecule has 1 aromatic carbocycles. The fourth-order valence-corrected chi connectivity index (χ4v) is 2.19. The summed E-state index contributed by atoms with van der Waals surface area (Å²) in [6.07, 6.45) is 2.90. The van der Waals surface area contributed by atoms with E-state index in [9.17, 15) is 0 Å². The highest BCUT2D eigenvalue weighted by Crippen LogP contribution is 2.27. The van der Waals surface area contributed by atoms with E-state index < -0.39 is 0 Å². The van der Waals surface area contributed by atoms with Gasteiger partial charge < -0.3 is 14.8 Å². The molecule has 2 rings (SSSR count). The van der Waals surface area contributed by atoms with Crippen LogP contribution in [0.4, 0.5) is 5.69 Å². The normalized spacial score (nSPS) is 22.7. The first-order chi connectivity index (χ1) is 8.67. The molecule has 0 saturated heterocycles. The highest BCUT2D eigenvalue weighted by atomic mass is 16.5. The van der Waals surface area contributed by atoms with Crippen LogP contribution in [0.1, 0.15) is 33.6 Å². The Morgan fingerprint density at radius 1 is 1.22 bits per heavy atom. The minimum Gasteiger partial charge on any atom is -0.491 e. The van der Waals surface area contributed by atoms with Crippen molar-refractivity contribution in [1.82, 2.24) is 0 Å². The van der Waals surface area contributed by atoms with Gasteiger partial charge in [0.25, 0.3) is 0 Å². The Kier molecular flexibility index (Phi) is 4.48. The quantitative estimate of drug-likeness (QED) is 0.837. The molecule has 0 spiro atoms. The fraction of sp³-hybridized carbons (Fsp3) is 0.600. The van der Waals surface area contributed by atoms with Crippen molar-refractivity contribution < 1.29 is 9.47 Å². The number of ether oxygens (including phenoxy) is 2. The summed E-state index contributed by atoms with van der Waals surface area (Å²) in [5.41, 5.74) is 1.16. The number of hydrogen-bond donors (Lipinski definition) is 1. The lowest BCUT2D eigenvalue weighted by atomic mass is 9.89. The zero-order valence-corrected chi connectivity index (χ0v) is 11.5. The van der Waals surface area contributed by atoms with Gasteiger partial charge in [-0.3, -0.25) is 0 Å². The van der Waals surface area contributed by atoms with E-state index in [1.54, 1.807) is 0 Å². The van der Waals surface area contributed by atoms with E-state index in [1.807, 2.05) is 32.9 Å². The summed E-state index contributed by atoms with van der Waals surface area (Å²) in [6.45, 7) is 6.94. The second-order valence-electron chi connectivity index (χ2n) is 5.08. The average molecular weight is 249 g/mol. The number of nitrogens with one attached hydrogen (secondary N) is 1. The molecule has 18 heavy (non-hydrogen) atoms. The molecule has 0 aliphatic heterocycles. The van der Waals surface area contributed by atoms with E-state index in [0.717, 1.165) is 30.9 Å². The van der Waals surface area contributed by atoms with Crippen LogP contribution in [0.5, 0.6) is 5.75 Å². The minimum absolute atomic E-state index is 0.224. The number of benzene rings is 1. The minimum atomic E-state index is 0.224. The zero-order valence-electron chi connectivity index (χ0n) is 11.5. The van der Waals surface area contributed by atoms with Gasteiger partial charge in [0.05, 0.1) is 12.2 Å². The maximum atomic E-state index is 5.62. The van der Waals surface area contributed by atoms with E-state index in [4.69, 9.17) is 9.47 Å².